The molecular formula is C23H33BrO5. The zero-order valence-electron chi connectivity index (χ0n) is 17.6. The van der Waals surface area contributed by atoms with Gasteiger partial charge in [-0.05, 0) is 24.3 Å². The smallest absolute Gasteiger partial charge is 0.336 e. The Kier molecular flexibility index (Phi) is 13.3. The van der Waals surface area contributed by atoms with Crippen LogP contribution in [0.3, 0.4) is 0 Å². The number of benzene rings is 1. The lowest BCUT2D eigenvalue weighted by atomic mass is 9.92. The number of allylic oxidation sites excluding steroid dienone is 1. The summed E-state index contributed by atoms with van der Waals surface area (Å²) >= 11 is 3.31. The lowest BCUT2D eigenvalue weighted by Gasteiger charge is -2.25. The van der Waals surface area contributed by atoms with Crippen LogP contribution < -0.4 is 0 Å². The maximum absolute atomic E-state index is 12.9. The van der Waals surface area contributed by atoms with E-state index in [0.29, 0.717) is 18.4 Å². The Bertz CT molecular complexity index is 615. The van der Waals surface area contributed by atoms with Crippen molar-refractivity contribution in [2.45, 2.75) is 52.7 Å². The third-order valence-corrected chi connectivity index (χ3v) is 4.59. The standard InChI is InChI=1S/C23H33BrO5/c1-4-5-14-28-23(26)21(27-15-10-9-13-24)20(16-18(2)3)22(25)29-17-19-11-7-6-8-12-19/h6-12,18,20-21H,4-5,13-17H2,1-3H3/b10-9+/t20-,21?/m1/s1. The van der Waals surface area contributed by atoms with Gasteiger partial charge in [0, 0.05) is 5.33 Å². The lowest BCUT2D eigenvalue weighted by Crippen LogP contribution is -2.40. The maximum atomic E-state index is 12.9. The maximum Gasteiger partial charge on any atom is 0.336 e. The van der Waals surface area contributed by atoms with Gasteiger partial charge in [0.1, 0.15) is 6.61 Å². The van der Waals surface area contributed by atoms with Crippen LogP contribution in [-0.4, -0.2) is 36.6 Å². The molecule has 0 aliphatic heterocycles. The van der Waals surface area contributed by atoms with Gasteiger partial charge in [0.05, 0.1) is 19.1 Å². The van der Waals surface area contributed by atoms with E-state index in [-0.39, 0.29) is 19.1 Å². The first-order chi connectivity index (χ1) is 14.0. The van der Waals surface area contributed by atoms with Crippen molar-refractivity contribution >= 4 is 27.9 Å². The average molecular weight is 469 g/mol. The van der Waals surface area contributed by atoms with Crippen molar-refractivity contribution in [3.05, 3.63) is 48.0 Å². The number of carbonyl (C=O) groups is 2. The molecule has 1 unspecified atom stereocenters. The first-order valence-corrected chi connectivity index (χ1v) is 11.3. The van der Waals surface area contributed by atoms with Gasteiger partial charge in [-0.2, -0.15) is 0 Å². The van der Waals surface area contributed by atoms with Gasteiger partial charge in [0.25, 0.3) is 0 Å². The molecule has 29 heavy (non-hydrogen) atoms. The fraction of sp³-hybridized carbons (Fsp3) is 0.565. The summed E-state index contributed by atoms with van der Waals surface area (Å²) in [5.41, 5.74) is 0.896. The first-order valence-electron chi connectivity index (χ1n) is 10.2. The minimum Gasteiger partial charge on any atom is -0.464 e. The number of alkyl halides is 1. The Hall–Kier alpha value is -1.66. The second-order valence-corrected chi connectivity index (χ2v) is 7.88. The molecule has 0 N–H and O–H groups in total. The van der Waals surface area contributed by atoms with Crippen LogP contribution in [-0.2, 0) is 30.4 Å². The minimum absolute atomic E-state index is 0.162. The van der Waals surface area contributed by atoms with Gasteiger partial charge in [-0.1, -0.05) is 85.6 Å². The topological polar surface area (TPSA) is 61.8 Å². The molecule has 1 aromatic carbocycles. The van der Waals surface area contributed by atoms with E-state index >= 15 is 0 Å². The zero-order valence-corrected chi connectivity index (χ0v) is 19.2. The quantitative estimate of drug-likeness (QED) is 0.165. The molecule has 6 heteroatoms. The van der Waals surface area contributed by atoms with Crippen LogP contribution in [0.25, 0.3) is 0 Å². The number of halogens is 1. The predicted octanol–water partition coefficient (Wildman–Crippen LogP) is 5.07. The van der Waals surface area contributed by atoms with Crippen LogP contribution in [0.5, 0.6) is 0 Å². The van der Waals surface area contributed by atoms with Crippen LogP contribution in [0, 0.1) is 11.8 Å². The molecule has 0 amide bonds. The molecular weight excluding hydrogens is 436 g/mol. The highest BCUT2D eigenvalue weighted by atomic mass is 79.9. The van der Waals surface area contributed by atoms with Gasteiger partial charge in [0.2, 0.25) is 0 Å². The van der Waals surface area contributed by atoms with Gasteiger partial charge < -0.3 is 14.2 Å². The molecule has 0 saturated carbocycles. The SMILES string of the molecule is CCCCOC(=O)C(OC/C=C/CBr)[C@@H](CC(C)C)C(=O)OCc1ccccc1. The molecule has 1 rings (SSSR count). The number of unbranched alkanes of at least 4 members (excludes halogenated alkanes) is 1. The minimum atomic E-state index is -0.988. The molecule has 0 spiro atoms. The Morgan fingerprint density at radius 1 is 1.07 bits per heavy atom. The fourth-order valence-corrected chi connectivity index (χ4v) is 2.99. The summed E-state index contributed by atoms with van der Waals surface area (Å²) in [6, 6.07) is 9.47. The molecule has 0 heterocycles. The normalized spacial score (nSPS) is 13.4. The molecule has 0 saturated heterocycles. The van der Waals surface area contributed by atoms with Crippen molar-refractivity contribution in [3.63, 3.8) is 0 Å². The van der Waals surface area contributed by atoms with E-state index in [4.69, 9.17) is 14.2 Å². The first kappa shape index (κ1) is 25.4. The van der Waals surface area contributed by atoms with Crippen molar-refractivity contribution in [2.24, 2.45) is 11.8 Å². The highest BCUT2D eigenvalue weighted by Gasteiger charge is 2.37. The number of ether oxygens (including phenoxy) is 3. The van der Waals surface area contributed by atoms with E-state index in [1.807, 2.05) is 63.3 Å². The third kappa shape index (κ3) is 10.6. The van der Waals surface area contributed by atoms with E-state index in [1.54, 1.807) is 0 Å². The van der Waals surface area contributed by atoms with Crippen molar-refractivity contribution in [1.82, 2.24) is 0 Å². The lowest BCUT2D eigenvalue weighted by molar-refractivity contribution is -0.171. The average Bonchev–Trinajstić information content (AvgIpc) is 2.71. The van der Waals surface area contributed by atoms with Crippen molar-refractivity contribution in [3.8, 4) is 0 Å². The van der Waals surface area contributed by atoms with E-state index < -0.39 is 24.0 Å². The van der Waals surface area contributed by atoms with E-state index in [0.717, 1.165) is 18.4 Å². The summed E-state index contributed by atoms with van der Waals surface area (Å²) in [7, 11) is 0. The fourth-order valence-electron chi connectivity index (χ4n) is 2.72. The van der Waals surface area contributed by atoms with E-state index in [2.05, 4.69) is 15.9 Å². The molecule has 0 aromatic heterocycles. The van der Waals surface area contributed by atoms with Crippen LogP contribution in [0.4, 0.5) is 0 Å². The second kappa shape index (κ2) is 15.2. The molecule has 162 valence electrons. The van der Waals surface area contributed by atoms with Crippen LogP contribution in [0.1, 0.15) is 45.6 Å². The molecule has 0 radical (unpaired) electrons. The molecule has 0 fully saturated rings. The van der Waals surface area contributed by atoms with Crippen LogP contribution in [0.2, 0.25) is 0 Å². The molecule has 5 nitrogen and oxygen atoms in total. The van der Waals surface area contributed by atoms with Gasteiger partial charge in [0.15, 0.2) is 6.10 Å². The highest BCUT2D eigenvalue weighted by Crippen LogP contribution is 2.22. The molecule has 0 bridgehead atoms. The van der Waals surface area contributed by atoms with Gasteiger partial charge in [-0.15, -0.1) is 0 Å². The molecule has 0 aliphatic carbocycles. The number of hydrogen-bond donors (Lipinski definition) is 0. The van der Waals surface area contributed by atoms with E-state index in [9.17, 15) is 9.59 Å². The largest absolute Gasteiger partial charge is 0.464 e. The summed E-state index contributed by atoms with van der Waals surface area (Å²) < 4.78 is 16.7. The van der Waals surface area contributed by atoms with Crippen molar-refractivity contribution in [2.75, 3.05) is 18.5 Å². The molecule has 1 aromatic rings. The van der Waals surface area contributed by atoms with Crippen molar-refractivity contribution < 1.29 is 23.8 Å². The summed E-state index contributed by atoms with van der Waals surface area (Å²) in [5.74, 6) is -1.47. The third-order valence-electron chi connectivity index (χ3n) is 4.22. The monoisotopic (exact) mass is 468 g/mol. The predicted molar refractivity (Wildman–Crippen MR) is 118 cm³/mol. The molecule has 0 aliphatic rings. The van der Waals surface area contributed by atoms with Crippen molar-refractivity contribution in [1.29, 1.82) is 0 Å². The molecule has 2 atom stereocenters. The van der Waals surface area contributed by atoms with Gasteiger partial charge >= 0.3 is 11.9 Å². The Labute approximate surface area is 182 Å². The van der Waals surface area contributed by atoms with Gasteiger partial charge in [-0.3, -0.25) is 4.79 Å². The summed E-state index contributed by atoms with van der Waals surface area (Å²) in [5, 5.41) is 0.691. The van der Waals surface area contributed by atoms with Crippen LogP contribution in [0.15, 0.2) is 42.5 Å². The van der Waals surface area contributed by atoms with Gasteiger partial charge in [-0.25, -0.2) is 4.79 Å². The van der Waals surface area contributed by atoms with Crippen LogP contribution >= 0.6 is 15.9 Å². The Morgan fingerprint density at radius 3 is 2.41 bits per heavy atom. The Morgan fingerprint density at radius 2 is 1.79 bits per heavy atom. The number of hydrogen-bond acceptors (Lipinski definition) is 5. The summed E-state index contributed by atoms with van der Waals surface area (Å²) in [4.78, 5) is 25.6. The van der Waals surface area contributed by atoms with E-state index in [1.165, 1.54) is 0 Å². The Balaban J connectivity index is 2.90. The highest BCUT2D eigenvalue weighted by molar-refractivity contribution is 9.09. The number of carbonyl (C=O) groups excluding carboxylic acids is 2. The number of rotatable bonds is 14. The number of esters is 2. The second-order valence-electron chi connectivity index (χ2n) is 7.23. The summed E-state index contributed by atoms with van der Waals surface area (Å²) in [6.07, 6.45) is 4.87. The summed E-state index contributed by atoms with van der Waals surface area (Å²) in [6.45, 7) is 6.73. The zero-order chi connectivity index (χ0) is 21.5.